The number of carbonyl (C=O) groups excluding carboxylic acids is 1. The Labute approximate surface area is 103 Å². The number of para-hydroxylation sites is 1. The largest absolute Gasteiger partial charge is 0.338 e. The third-order valence-electron chi connectivity index (χ3n) is 3.23. The zero-order chi connectivity index (χ0) is 12.3. The van der Waals surface area contributed by atoms with Crippen molar-refractivity contribution < 1.29 is 4.79 Å². The molecule has 1 aliphatic heterocycles. The zero-order valence-electron chi connectivity index (χ0n) is 10.6. The average molecular weight is 232 g/mol. The predicted octanol–water partition coefficient (Wildman–Crippen LogP) is 2.95. The Bertz CT molecular complexity index is 403. The molecule has 0 aromatic heterocycles. The van der Waals surface area contributed by atoms with Crippen LogP contribution in [0.25, 0.3) is 0 Å². The van der Waals surface area contributed by atoms with Gasteiger partial charge in [0.1, 0.15) is 0 Å². The van der Waals surface area contributed by atoms with Crippen molar-refractivity contribution in [2.24, 2.45) is 0 Å². The minimum absolute atomic E-state index is 0.0379. The maximum Gasteiger partial charge on any atom is 0.322 e. The fraction of sp³-hybridized carbons (Fsp3) is 0.500. The highest BCUT2D eigenvalue weighted by Crippen LogP contribution is 2.31. The van der Waals surface area contributed by atoms with Gasteiger partial charge in [-0.25, -0.2) is 4.79 Å². The summed E-state index contributed by atoms with van der Waals surface area (Å²) in [5.74, 6) is 0. The fourth-order valence-electron chi connectivity index (χ4n) is 2.33. The lowest BCUT2D eigenvalue weighted by Gasteiger charge is -2.23. The lowest BCUT2D eigenvalue weighted by molar-refractivity contribution is 0.245. The molecular formula is C14H20N2O. The Kier molecular flexibility index (Phi) is 3.67. The van der Waals surface area contributed by atoms with Crippen LogP contribution in [-0.2, 0) is 6.42 Å². The maximum atomic E-state index is 12.1. The number of urea groups is 1. The molecule has 1 aromatic carbocycles. The van der Waals surface area contributed by atoms with E-state index in [0.717, 1.165) is 31.5 Å². The summed E-state index contributed by atoms with van der Waals surface area (Å²) in [6.07, 6.45) is 3.10. The summed E-state index contributed by atoms with van der Waals surface area (Å²) >= 11 is 0. The first-order chi connectivity index (χ1) is 8.24. The number of amides is 2. The van der Waals surface area contributed by atoms with Crippen molar-refractivity contribution in [2.75, 3.05) is 11.4 Å². The van der Waals surface area contributed by atoms with Gasteiger partial charge in [0.05, 0.1) is 0 Å². The van der Waals surface area contributed by atoms with E-state index in [9.17, 15) is 4.79 Å². The van der Waals surface area contributed by atoms with Crippen LogP contribution in [0, 0.1) is 0 Å². The monoisotopic (exact) mass is 232 g/mol. The van der Waals surface area contributed by atoms with E-state index in [1.165, 1.54) is 5.56 Å². The number of fused-ring (bicyclic) bond motifs is 1. The second kappa shape index (κ2) is 5.21. The van der Waals surface area contributed by atoms with Crippen LogP contribution in [0.3, 0.4) is 0 Å². The minimum atomic E-state index is 0.0379. The second-order valence-electron chi connectivity index (χ2n) is 4.64. The molecule has 0 bridgehead atoms. The van der Waals surface area contributed by atoms with Crippen LogP contribution in [-0.4, -0.2) is 18.6 Å². The van der Waals surface area contributed by atoms with Crippen LogP contribution in [0.5, 0.6) is 0 Å². The van der Waals surface area contributed by atoms with Crippen molar-refractivity contribution in [2.45, 2.75) is 39.2 Å². The van der Waals surface area contributed by atoms with Crippen molar-refractivity contribution in [3.63, 3.8) is 0 Å². The second-order valence-corrected chi connectivity index (χ2v) is 4.64. The molecule has 0 radical (unpaired) electrons. The third-order valence-corrected chi connectivity index (χ3v) is 3.23. The number of rotatable bonds is 3. The van der Waals surface area contributed by atoms with Gasteiger partial charge in [-0.3, -0.25) is 4.90 Å². The Morgan fingerprint density at radius 2 is 2.24 bits per heavy atom. The summed E-state index contributed by atoms with van der Waals surface area (Å²) in [5, 5.41) is 2.98. The van der Waals surface area contributed by atoms with Gasteiger partial charge in [0.2, 0.25) is 0 Å². The van der Waals surface area contributed by atoms with Gasteiger partial charge in [0, 0.05) is 18.3 Å². The van der Waals surface area contributed by atoms with E-state index in [1.54, 1.807) is 0 Å². The molecule has 2 rings (SSSR count). The molecular weight excluding hydrogens is 212 g/mol. The molecule has 0 fully saturated rings. The normalized spacial score (nSPS) is 18.0. The van der Waals surface area contributed by atoms with Gasteiger partial charge in [-0.15, -0.1) is 0 Å². The molecule has 0 saturated carbocycles. The molecule has 1 atom stereocenters. The highest BCUT2D eigenvalue weighted by molar-refractivity contribution is 5.94. The van der Waals surface area contributed by atoms with E-state index in [1.807, 2.05) is 23.1 Å². The Balaban J connectivity index is 2.08. The van der Waals surface area contributed by atoms with E-state index in [-0.39, 0.29) is 12.1 Å². The zero-order valence-corrected chi connectivity index (χ0v) is 10.6. The number of hydrogen-bond donors (Lipinski definition) is 1. The van der Waals surface area contributed by atoms with Crippen molar-refractivity contribution in [3.05, 3.63) is 29.8 Å². The van der Waals surface area contributed by atoms with Crippen LogP contribution in [0.15, 0.2) is 24.3 Å². The topological polar surface area (TPSA) is 32.3 Å². The summed E-state index contributed by atoms with van der Waals surface area (Å²) in [7, 11) is 0. The van der Waals surface area contributed by atoms with Crippen molar-refractivity contribution >= 4 is 11.7 Å². The number of hydrogen-bond acceptors (Lipinski definition) is 1. The van der Waals surface area contributed by atoms with Crippen LogP contribution >= 0.6 is 0 Å². The average Bonchev–Trinajstić information content (AvgIpc) is 2.65. The predicted molar refractivity (Wildman–Crippen MR) is 70.4 cm³/mol. The Morgan fingerprint density at radius 3 is 3.00 bits per heavy atom. The van der Waals surface area contributed by atoms with Crippen molar-refractivity contribution in [1.29, 1.82) is 0 Å². The Hall–Kier alpha value is -1.51. The molecule has 17 heavy (non-hydrogen) atoms. The molecule has 3 heteroatoms. The van der Waals surface area contributed by atoms with Gasteiger partial charge in [-0.1, -0.05) is 31.5 Å². The summed E-state index contributed by atoms with van der Waals surface area (Å²) in [6.45, 7) is 4.99. The first-order valence-corrected chi connectivity index (χ1v) is 6.39. The van der Waals surface area contributed by atoms with Crippen LogP contribution < -0.4 is 10.2 Å². The summed E-state index contributed by atoms with van der Waals surface area (Å²) in [4.78, 5) is 14.0. The first kappa shape index (κ1) is 12.0. The smallest absolute Gasteiger partial charge is 0.322 e. The van der Waals surface area contributed by atoms with E-state index in [0.29, 0.717) is 0 Å². The van der Waals surface area contributed by atoms with Crippen LogP contribution in [0.1, 0.15) is 32.3 Å². The SMILES string of the molecule is CCCCNC(=O)N1c2ccccc2C[C@@H]1C. The number of nitrogens with zero attached hydrogens (tertiary/aromatic N) is 1. The van der Waals surface area contributed by atoms with E-state index in [2.05, 4.69) is 25.2 Å². The molecule has 2 amide bonds. The molecule has 92 valence electrons. The highest BCUT2D eigenvalue weighted by Gasteiger charge is 2.30. The number of nitrogens with one attached hydrogen (secondary N) is 1. The van der Waals surface area contributed by atoms with Gasteiger partial charge in [-0.2, -0.15) is 0 Å². The molecule has 0 aliphatic carbocycles. The van der Waals surface area contributed by atoms with Crippen LogP contribution in [0.4, 0.5) is 10.5 Å². The highest BCUT2D eigenvalue weighted by atomic mass is 16.2. The number of unbranched alkanes of at least 4 members (excludes halogenated alkanes) is 1. The minimum Gasteiger partial charge on any atom is -0.338 e. The molecule has 3 nitrogen and oxygen atoms in total. The number of anilines is 1. The van der Waals surface area contributed by atoms with E-state index >= 15 is 0 Å². The maximum absolute atomic E-state index is 12.1. The molecule has 0 spiro atoms. The number of carbonyl (C=O) groups is 1. The molecule has 0 unspecified atom stereocenters. The molecule has 0 saturated heterocycles. The Morgan fingerprint density at radius 1 is 1.47 bits per heavy atom. The molecule has 1 N–H and O–H groups in total. The van der Waals surface area contributed by atoms with Gasteiger partial charge in [0.25, 0.3) is 0 Å². The summed E-state index contributed by atoms with van der Waals surface area (Å²) in [5.41, 5.74) is 2.33. The van der Waals surface area contributed by atoms with Gasteiger partial charge in [-0.05, 0) is 31.4 Å². The van der Waals surface area contributed by atoms with Crippen molar-refractivity contribution in [3.8, 4) is 0 Å². The standard InChI is InChI=1S/C14H20N2O/c1-3-4-9-15-14(17)16-11(2)10-12-7-5-6-8-13(12)16/h5-8,11H,3-4,9-10H2,1-2H3,(H,15,17)/t11-/m0/s1. The first-order valence-electron chi connectivity index (χ1n) is 6.39. The fourth-order valence-corrected chi connectivity index (χ4v) is 2.33. The lowest BCUT2D eigenvalue weighted by atomic mass is 10.1. The quantitative estimate of drug-likeness (QED) is 0.798. The molecule has 1 aromatic rings. The molecule has 1 aliphatic rings. The van der Waals surface area contributed by atoms with Gasteiger partial charge >= 0.3 is 6.03 Å². The van der Waals surface area contributed by atoms with Crippen molar-refractivity contribution in [1.82, 2.24) is 5.32 Å². The summed E-state index contributed by atoms with van der Waals surface area (Å²) < 4.78 is 0. The number of benzene rings is 1. The van der Waals surface area contributed by atoms with E-state index in [4.69, 9.17) is 0 Å². The van der Waals surface area contributed by atoms with Crippen LogP contribution in [0.2, 0.25) is 0 Å². The van der Waals surface area contributed by atoms with Gasteiger partial charge < -0.3 is 5.32 Å². The van der Waals surface area contributed by atoms with E-state index < -0.39 is 0 Å². The lowest BCUT2D eigenvalue weighted by Crippen LogP contribution is -2.43. The van der Waals surface area contributed by atoms with Gasteiger partial charge in [0.15, 0.2) is 0 Å². The molecule has 1 heterocycles. The summed E-state index contributed by atoms with van der Waals surface area (Å²) in [6, 6.07) is 8.45. The third kappa shape index (κ3) is 2.43.